The molecule has 4 rings (SSSR count). The van der Waals surface area contributed by atoms with Crippen LogP contribution < -0.4 is 5.56 Å². The molecule has 0 radical (unpaired) electrons. The largest absolute Gasteiger partial charge is 0.306 e. The van der Waals surface area contributed by atoms with Crippen LogP contribution in [0.15, 0.2) is 23.0 Å². The predicted octanol–water partition coefficient (Wildman–Crippen LogP) is 4.97. The summed E-state index contributed by atoms with van der Waals surface area (Å²) in [4.78, 5) is 22.7. The molecule has 6 heteroatoms. The Balaban J connectivity index is 1.93. The molecule has 142 valence electrons. The van der Waals surface area contributed by atoms with Gasteiger partial charge in [-0.2, -0.15) is 0 Å². The van der Waals surface area contributed by atoms with Gasteiger partial charge in [-0.05, 0) is 77.0 Å². The third-order valence-corrected chi connectivity index (χ3v) is 7.03. The standard InChI is InChI=1S/C21H24ClN3OS/c1-12-11-15(5-6-17(12)22)18-13(2)27-20-19(18)21(26)25(14(3)23-20)16-7-9-24(4)10-8-16/h5-6,11,16H,7-10H2,1-4H3. The first-order valence-corrected chi connectivity index (χ1v) is 10.5. The molecule has 0 aliphatic carbocycles. The van der Waals surface area contributed by atoms with E-state index >= 15 is 0 Å². The molecule has 3 aromatic rings. The Labute approximate surface area is 168 Å². The summed E-state index contributed by atoms with van der Waals surface area (Å²) < 4.78 is 1.94. The second-order valence-corrected chi connectivity index (χ2v) is 9.16. The predicted molar refractivity (Wildman–Crippen MR) is 114 cm³/mol. The topological polar surface area (TPSA) is 38.1 Å². The quantitative estimate of drug-likeness (QED) is 0.608. The van der Waals surface area contributed by atoms with E-state index < -0.39 is 0 Å². The van der Waals surface area contributed by atoms with Crippen LogP contribution in [0.5, 0.6) is 0 Å². The van der Waals surface area contributed by atoms with Crippen LogP contribution in [0.1, 0.15) is 35.1 Å². The van der Waals surface area contributed by atoms with Crippen molar-refractivity contribution in [2.24, 2.45) is 0 Å². The van der Waals surface area contributed by atoms with Gasteiger partial charge in [-0.25, -0.2) is 4.98 Å². The van der Waals surface area contributed by atoms with Crippen molar-refractivity contribution >= 4 is 33.2 Å². The molecule has 1 aromatic carbocycles. The summed E-state index contributed by atoms with van der Waals surface area (Å²) >= 11 is 7.81. The van der Waals surface area contributed by atoms with E-state index in [1.807, 2.05) is 30.5 Å². The van der Waals surface area contributed by atoms with E-state index in [1.54, 1.807) is 11.3 Å². The molecule has 0 bridgehead atoms. The van der Waals surface area contributed by atoms with Gasteiger partial charge in [-0.1, -0.05) is 17.7 Å². The van der Waals surface area contributed by atoms with Crippen molar-refractivity contribution in [3.8, 4) is 11.1 Å². The molecule has 27 heavy (non-hydrogen) atoms. The number of piperidine rings is 1. The number of aromatic nitrogens is 2. The molecule has 3 heterocycles. The van der Waals surface area contributed by atoms with Crippen LogP contribution in [-0.4, -0.2) is 34.6 Å². The number of nitrogens with zero attached hydrogens (tertiary/aromatic N) is 3. The van der Waals surface area contributed by atoms with Gasteiger partial charge in [-0.3, -0.25) is 9.36 Å². The molecule has 0 unspecified atom stereocenters. The van der Waals surface area contributed by atoms with Gasteiger partial charge in [0.05, 0.1) is 5.39 Å². The highest BCUT2D eigenvalue weighted by Crippen LogP contribution is 2.37. The fourth-order valence-corrected chi connectivity index (χ4v) is 5.31. The molecule has 1 aliphatic rings. The lowest BCUT2D eigenvalue weighted by Gasteiger charge is -2.31. The second-order valence-electron chi connectivity index (χ2n) is 7.55. The van der Waals surface area contributed by atoms with E-state index in [0.717, 1.165) is 68.6 Å². The van der Waals surface area contributed by atoms with Gasteiger partial charge in [0, 0.05) is 21.5 Å². The maximum atomic E-state index is 13.6. The molecule has 2 aromatic heterocycles. The van der Waals surface area contributed by atoms with Crippen LogP contribution in [0, 0.1) is 20.8 Å². The molecule has 4 nitrogen and oxygen atoms in total. The van der Waals surface area contributed by atoms with Crippen molar-refractivity contribution < 1.29 is 0 Å². The fourth-order valence-electron chi connectivity index (χ4n) is 4.11. The lowest BCUT2D eigenvalue weighted by Crippen LogP contribution is -2.36. The molecule has 0 N–H and O–H groups in total. The van der Waals surface area contributed by atoms with E-state index in [2.05, 4.69) is 24.9 Å². The summed E-state index contributed by atoms with van der Waals surface area (Å²) in [6.07, 6.45) is 1.98. The van der Waals surface area contributed by atoms with Gasteiger partial charge in [0.25, 0.3) is 5.56 Å². The zero-order valence-corrected chi connectivity index (χ0v) is 17.7. The van der Waals surface area contributed by atoms with Crippen molar-refractivity contribution in [2.45, 2.75) is 39.7 Å². The Morgan fingerprint density at radius 3 is 2.56 bits per heavy atom. The normalized spacial score (nSPS) is 16.3. The smallest absolute Gasteiger partial charge is 0.263 e. The Hall–Kier alpha value is -1.69. The van der Waals surface area contributed by atoms with Gasteiger partial charge < -0.3 is 4.90 Å². The molecule has 1 saturated heterocycles. The minimum absolute atomic E-state index is 0.0963. The SMILES string of the molecule is Cc1cc(-c2c(C)sc3nc(C)n(C4CCN(C)CC4)c(=O)c23)ccc1Cl. The van der Waals surface area contributed by atoms with Gasteiger partial charge in [0.15, 0.2) is 0 Å². The third kappa shape index (κ3) is 3.22. The zero-order valence-electron chi connectivity index (χ0n) is 16.2. The van der Waals surface area contributed by atoms with Gasteiger partial charge >= 0.3 is 0 Å². The number of thiophene rings is 1. The third-order valence-electron chi connectivity index (χ3n) is 5.61. The van der Waals surface area contributed by atoms with Gasteiger partial charge in [0.1, 0.15) is 10.7 Å². The van der Waals surface area contributed by atoms with Crippen LogP contribution in [-0.2, 0) is 0 Å². The average Bonchev–Trinajstić information content (AvgIpc) is 2.95. The Kier molecular flexibility index (Phi) is 4.87. The van der Waals surface area contributed by atoms with Crippen LogP contribution in [0.3, 0.4) is 0 Å². The Morgan fingerprint density at radius 1 is 1.19 bits per heavy atom. The summed E-state index contributed by atoms with van der Waals surface area (Å²) in [6, 6.07) is 6.20. The highest BCUT2D eigenvalue weighted by atomic mass is 35.5. The molecule has 0 atom stereocenters. The Bertz CT molecular complexity index is 1080. The number of rotatable bonds is 2. The molecule has 0 spiro atoms. The molecule has 1 fully saturated rings. The van der Waals surface area contributed by atoms with Crippen molar-refractivity contribution in [1.29, 1.82) is 0 Å². The first-order chi connectivity index (χ1) is 12.9. The number of halogens is 1. The van der Waals surface area contributed by atoms with Crippen LogP contribution >= 0.6 is 22.9 Å². The molecule has 0 amide bonds. The van der Waals surface area contributed by atoms with E-state index in [9.17, 15) is 4.79 Å². The van der Waals surface area contributed by atoms with Crippen LogP contribution in [0.25, 0.3) is 21.3 Å². The lowest BCUT2D eigenvalue weighted by molar-refractivity contribution is 0.216. The number of benzene rings is 1. The molecular weight excluding hydrogens is 378 g/mol. The first-order valence-electron chi connectivity index (χ1n) is 9.34. The number of fused-ring (bicyclic) bond motifs is 1. The first kappa shape index (κ1) is 18.7. The second kappa shape index (κ2) is 7.04. The summed E-state index contributed by atoms with van der Waals surface area (Å²) in [5.41, 5.74) is 3.16. The number of likely N-dealkylation sites (tertiary alicyclic amines) is 1. The number of aryl methyl sites for hydroxylation is 3. The van der Waals surface area contributed by atoms with Gasteiger partial charge in [0.2, 0.25) is 0 Å². The maximum Gasteiger partial charge on any atom is 0.263 e. The minimum Gasteiger partial charge on any atom is -0.306 e. The Morgan fingerprint density at radius 2 is 1.89 bits per heavy atom. The summed E-state index contributed by atoms with van der Waals surface area (Å²) in [7, 11) is 2.14. The minimum atomic E-state index is 0.0963. The van der Waals surface area contributed by atoms with Crippen molar-refractivity contribution in [3.05, 3.63) is 49.8 Å². The fraction of sp³-hybridized carbons (Fsp3) is 0.429. The monoisotopic (exact) mass is 401 g/mol. The number of hydrogen-bond donors (Lipinski definition) is 0. The van der Waals surface area contributed by atoms with E-state index in [4.69, 9.17) is 16.6 Å². The van der Waals surface area contributed by atoms with Crippen LogP contribution in [0.2, 0.25) is 5.02 Å². The van der Waals surface area contributed by atoms with E-state index in [0.29, 0.717) is 0 Å². The van der Waals surface area contributed by atoms with Crippen molar-refractivity contribution in [2.75, 3.05) is 20.1 Å². The highest BCUT2D eigenvalue weighted by molar-refractivity contribution is 7.19. The van der Waals surface area contributed by atoms with Crippen molar-refractivity contribution in [3.63, 3.8) is 0 Å². The number of hydrogen-bond acceptors (Lipinski definition) is 4. The average molecular weight is 402 g/mol. The maximum absolute atomic E-state index is 13.6. The van der Waals surface area contributed by atoms with Gasteiger partial charge in [-0.15, -0.1) is 11.3 Å². The summed E-state index contributed by atoms with van der Waals surface area (Å²) in [5.74, 6) is 0.821. The zero-order chi connectivity index (χ0) is 19.3. The lowest BCUT2D eigenvalue weighted by atomic mass is 10.0. The summed E-state index contributed by atoms with van der Waals surface area (Å²) in [6.45, 7) is 8.05. The summed E-state index contributed by atoms with van der Waals surface area (Å²) in [5, 5.41) is 1.50. The molecule has 0 saturated carbocycles. The van der Waals surface area contributed by atoms with Crippen LogP contribution in [0.4, 0.5) is 0 Å². The van der Waals surface area contributed by atoms with Crippen molar-refractivity contribution in [1.82, 2.24) is 14.5 Å². The highest BCUT2D eigenvalue weighted by Gasteiger charge is 2.25. The van der Waals surface area contributed by atoms with E-state index in [1.165, 1.54) is 0 Å². The molecular formula is C21H24ClN3OS. The molecule has 1 aliphatic heterocycles. The van der Waals surface area contributed by atoms with E-state index in [-0.39, 0.29) is 11.6 Å².